The van der Waals surface area contributed by atoms with Gasteiger partial charge in [0.2, 0.25) is 5.91 Å². The van der Waals surface area contributed by atoms with E-state index in [1.165, 1.54) is 10.4 Å². The Bertz CT molecular complexity index is 879. The summed E-state index contributed by atoms with van der Waals surface area (Å²) >= 11 is 1.83. The molecule has 166 valence electrons. The monoisotopic (exact) mass is 440 g/mol. The molecule has 5 rings (SSSR count). The fraction of sp³-hybridized carbons (Fsp3) is 0.560. The maximum Gasteiger partial charge on any atom is 0.224 e. The van der Waals surface area contributed by atoms with E-state index < -0.39 is 0 Å². The Kier molecular flexibility index (Phi) is 6.58. The molecule has 0 aliphatic carbocycles. The van der Waals surface area contributed by atoms with Gasteiger partial charge in [-0.05, 0) is 79.1 Å². The van der Waals surface area contributed by atoms with Crippen molar-refractivity contribution in [1.29, 1.82) is 0 Å². The molecule has 4 heterocycles. The Labute approximate surface area is 188 Å². The van der Waals surface area contributed by atoms with Crippen LogP contribution in [0.25, 0.3) is 0 Å². The summed E-state index contributed by atoms with van der Waals surface area (Å²) < 4.78 is 11.7. The van der Waals surface area contributed by atoms with Crippen LogP contribution in [0.4, 0.5) is 5.69 Å². The van der Waals surface area contributed by atoms with E-state index >= 15 is 0 Å². The topological polar surface area (TPSA) is 50.8 Å². The lowest BCUT2D eigenvalue weighted by Gasteiger charge is -2.39. The average molecular weight is 441 g/mol. The van der Waals surface area contributed by atoms with Crippen molar-refractivity contribution in [3.63, 3.8) is 0 Å². The molecule has 3 aliphatic heterocycles. The number of nitrogens with zero attached hydrogens (tertiary/aromatic N) is 1. The number of hydrogen-bond acceptors (Lipinski definition) is 5. The molecule has 0 radical (unpaired) electrons. The average Bonchev–Trinajstić information content (AvgIpc) is 3.30. The molecule has 0 spiro atoms. The number of likely N-dealkylation sites (tertiary alicyclic amines) is 1. The largest absolute Gasteiger partial charge is 0.491 e. The first-order chi connectivity index (χ1) is 15.2. The van der Waals surface area contributed by atoms with Crippen molar-refractivity contribution in [2.24, 2.45) is 11.8 Å². The Hall–Kier alpha value is -1.89. The van der Waals surface area contributed by atoms with Crippen LogP contribution in [0.1, 0.15) is 48.5 Å². The van der Waals surface area contributed by atoms with E-state index in [0.717, 1.165) is 70.0 Å². The van der Waals surface area contributed by atoms with Gasteiger partial charge in [-0.25, -0.2) is 0 Å². The third-order valence-corrected chi connectivity index (χ3v) is 7.96. The van der Waals surface area contributed by atoms with Crippen LogP contribution in [-0.2, 0) is 16.1 Å². The van der Waals surface area contributed by atoms with E-state index in [0.29, 0.717) is 30.8 Å². The zero-order chi connectivity index (χ0) is 21.0. The lowest BCUT2D eigenvalue weighted by molar-refractivity contribution is -0.118. The van der Waals surface area contributed by atoms with Crippen LogP contribution in [0.15, 0.2) is 35.7 Å². The maximum atomic E-state index is 12.9. The molecular weight excluding hydrogens is 408 g/mol. The van der Waals surface area contributed by atoms with Gasteiger partial charge < -0.3 is 14.8 Å². The molecule has 1 aromatic carbocycles. The van der Waals surface area contributed by atoms with E-state index in [9.17, 15) is 4.79 Å². The van der Waals surface area contributed by atoms with Crippen molar-refractivity contribution < 1.29 is 14.3 Å². The summed E-state index contributed by atoms with van der Waals surface area (Å²) in [5.41, 5.74) is 2.12. The Morgan fingerprint density at radius 1 is 1.06 bits per heavy atom. The van der Waals surface area contributed by atoms with Gasteiger partial charge in [-0.2, -0.15) is 0 Å². The number of carbonyl (C=O) groups excluding carboxylic acids is 1. The van der Waals surface area contributed by atoms with Crippen LogP contribution < -0.4 is 10.1 Å². The first-order valence-corrected chi connectivity index (χ1v) is 12.5. The van der Waals surface area contributed by atoms with Crippen molar-refractivity contribution in [3.8, 4) is 5.75 Å². The van der Waals surface area contributed by atoms with Crippen LogP contribution in [0, 0.1) is 11.8 Å². The van der Waals surface area contributed by atoms with E-state index in [-0.39, 0.29) is 5.91 Å². The number of hydrogen-bond donors (Lipinski definition) is 1. The van der Waals surface area contributed by atoms with Crippen LogP contribution >= 0.6 is 11.3 Å². The normalized spacial score (nSPS) is 25.7. The second-order valence-electron chi connectivity index (χ2n) is 9.15. The molecule has 31 heavy (non-hydrogen) atoms. The molecule has 0 saturated carbocycles. The summed E-state index contributed by atoms with van der Waals surface area (Å²) in [6, 6.07) is 10.7. The lowest BCUT2D eigenvalue weighted by atomic mass is 9.81. The summed E-state index contributed by atoms with van der Waals surface area (Å²) in [6.45, 7) is 5.47. The highest BCUT2D eigenvalue weighted by molar-refractivity contribution is 7.09. The smallest absolute Gasteiger partial charge is 0.224 e. The van der Waals surface area contributed by atoms with Crippen LogP contribution in [-0.4, -0.2) is 43.7 Å². The molecule has 2 aromatic rings. The van der Waals surface area contributed by atoms with Crippen molar-refractivity contribution >= 4 is 22.9 Å². The quantitative estimate of drug-likeness (QED) is 0.738. The van der Waals surface area contributed by atoms with Crippen LogP contribution in [0.3, 0.4) is 0 Å². The summed E-state index contributed by atoms with van der Waals surface area (Å²) in [5.74, 6) is 2.36. The van der Waals surface area contributed by atoms with Gasteiger partial charge in [-0.3, -0.25) is 9.69 Å². The number of nitrogens with one attached hydrogen (secondary N) is 1. The Balaban J connectivity index is 1.28. The molecule has 2 saturated heterocycles. The number of carbonyl (C=O) groups is 1. The molecule has 1 amide bonds. The first-order valence-electron chi connectivity index (χ1n) is 11.6. The number of anilines is 1. The number of amides is 1. The molecule has 6 heteroatoms. The molecule has 3 aliphatic rings. The molecule has 2 atom stereocenters. The number of piperidine rings is 1. The third-order valence-electron chi connectivity index (χ3n) is 7.10. The van der Waals surface area contributed by atoms with Gasteiger partial charge in [0.05, 0.1) is 12.3 Å². The number of thiophene rings is 1. The fourth-order valence-corrected chi connectivity index (χ4v) is 6.08. The van der Waals surface area contributed by atoms with Crippen molar-refractivity contribution in [2.45, 2.75) is 44.6 Å². The Morgan fingerprint density at radius 2 is 1.97 bits per heavy atom. The van der Waals surface area contributed by atoms with Gasteiger partial charge in [-0.15, -0.1) is 11.3 Å². The lowest BCUT2D eigenvalue weighted by Crippen LogP contribution is -2.42. The fourth-order valence-electron chi connectivity index (χ4n) is 5.33. The minimum absolute atomic E-state index is 0.123. The molecule has 1 N–H and O–H groups in total. The van der Waals surface area contributed by atoms with E-state index in [1.54, 1.807) is 0 Å². The predicted octanol–water partition coefficient (Wildman–Crippen LogP) is 4.89. The second kappa shape index (κ2) is 9.72. The van der Waals surface area contributed by atoms with Gasteiger partial charge in [0, 0.05) is 37.6 Å². The second-order valence-corrected chi connectivity index (χ2v) is 10.2. The summed E-state index contributed by atoms with van der Waals surface area (Å²) in [6.07, 6.45) is 4.77. The highest BCUT2D eigenvalue weighted by Gasteiger charge is 2.32. The minimum atomic E-state index is 0.123. The SMILES string of the molecule is O=C1C[C@@H]2CCN(Cc3cccs3)C[C@@H]2CCOc2ccc(C3CCOCC3)cc2N1. The number of benzene rings is 1. The number of ether oxygens (including phenoxy) is 2. The first kappa shape index (κ1) is 21.0. The van der Waals surface area contributed by atoms with Crippen molar-refractivity contribution in [1.82, 2.24) is 4.90 Å². The van der Waals surface area contributed by atoms with E-state index in [4.69, 9.17) is 9.47 Å². The van der Waals surface area contributed by atoms with Crippen LogP contribution in [0.5, 0.6) is 5.75 Å². The molecule has 0 bridgehead atoms. The Morgan fingerprint density at radius 3 is 2.81 bits per heavy atom. The summed E-state index contributed by atoms with van der Waals surface area (Å²) in [4.78, 5) is 16.9. The van der Waals surface area contributed by atoms with Gasteiger partial charge >= 0.3 is 0 Å². The standard InChI is InChI=1S/C25H32N2O3S/c28-25-15-20-5-9-27(17-22-2-1-13-31-22)16-21(20)8-12-30-24-4-3-19(14-23(24)26-25)18-6-10-29-11-7-18/h1-4,13-14,18,20-21H,5-12,15-17H2,(H,26,28)/t20-,21-/m0/s1. The summed E-state index contributed by atoms with van der Waals surface area (Å²) in [5, 5.41) is 5.33. The molecular formula is C25H32N2O3S. The van der Waals surface area contributed by atoms with Gasteiger partial charge in [-0.1, -0.05) is 12.1 Å². The van der Waals surface area contributed by atoms with Crippen molar-refractivity contribution in [3.05, 3.63) is 46.2 Å². The predicted molar refractivity (Wildman–Crippen MR) is 124 cm³/mol. The third kappa shape index (κ3) is 5.13. The summed E-state index contributed by atoms with van der Waals surface area (Å²) in [7, 11) is 0. The molecule has 0 unspecified atom stereocenters. The van der Waals surface area contributed by atoms with Gasteiger partial charge in [0.25, 0.3) is 0 Å². The van der Waals surface area contributed by atoms with Crippen LogP contribution in [0.2, 0.25) is 0 Å². The zero-order valence-electron chi connectivity index (χ0n) is 18.1. The van der Waals surface area contributed by atoms with E-state index in [1.807, 2.05) is 17.4 Å². The highest BCUT2D eigenvalue weighted by Crippen LogP contribution is 2.36. The van der Waals surface area contributed by atoms with Gasteiger partial charge in [0.15, 0.2) is 0 Å². The molecule has 5 nitrogen and oxygen atoms in total. The van der Waals surface area contributed by atoms with E-state index in [2.05, 4.69) is 39.9 Å². The number of rotatable bonds is 3. The maximum absolute atomic E-state index is 12.9. The van der Waals surface area contributed by atoms with Crippen molar-refractivity contribution in [2.75, 3.05) is 38.2 Å². The minimum Gasteiger partial charge on any atom is -0.491 e. The molecule has 2 fully saturated rings. The molecule has 1 aromatic heterocycles. The highest BCUT2D eigenvalue weighted by atomic mass is 32.1. The van der Waals surface area contributed by atoms with Gasteiger partial charge in [0.1, 0.15) is 5.75 Å². The number of fused-ring (bicyclic) bond motifs is 2. The zero-order valence-corrected chi connectivity index (χ0v) is 18.9.